The second-order valence-electron chi connectivity index (χ2n) is 4.84. The molecule has 0 bridgehead atoms. The van der Waals surface area contributed by atoms with Crippen LogP contribution in [0, 0.1) is 28.6 Å². The van der Waals surface area contributed by atoms with Gasteiger partial charge in [0, 0.05) is 6.54 Å². The molecule has 1 aliphatic rings. The molecule has 1 aromatic rings. The molecule has 0 saturated heterocycles. The van der Waals surface area contributed by atoms with E-state index in [0.717, 1.165) is 12.2 Å². The first-order valence-corrected chi connectivity index (χ1v) is 6.52. The molecule has 92 valence electrons. The molecule has 1 saturated carbocycles. The van der Waals surface area contributed by atoms with Gasteiger partial charge in [-0.3, -0.25) is 0 Å². The zero-order valence-electron chi connectivity index (χ0n) is 10.4. The van der Waals surface area contributed by atoms with Gasteiger partial charge in [-0.2, -0.15) is 10.5 Å². The van der Waals surface area contributed by atoms with Crippen molar-refractivity contribution >= 4 is 5.69 Å². The number of anilines is 1. The van der Waals surface area contributed by atoms with Crippen molar-refractivity contribution in [2.75, 3.05) is 11.9 Å². The van der Waals surface area contributed by atoms with E-state index >= 15 is 0 Å². The number of rotatable bonds is 3. The molecule has 0 atom stereocenters. The Morgan fingerprint density at radius 2 is 1.89 bits per heavy atom. The number of hydrogen-bond donors (Lipinski definition) is 1. The van der Waals surface area contributed by atoms with E-state index in [9.17, 15) is 0 Å². The molecular formula is C15H17N3. The maximum Gasteiger partial charge on any atom is 0.103 e. The predicted molar refractivity (Wildman–Crippen MR) is 70.9 cm³/mol. The van der Waals surface area contributed by atoms with Crippen LogP contribution in [0.25, 0.3) is 0 Å². The quantitative estimate of drug-likeness (QED) is 0.879. The lowest BCUT2D eigenvalue weighted by atomic mass is 9.89. The summed E-state index contributed by atoms with van der Waals surface area (Å²) >= 11 is 0. The van der Waals surface area contributed by atoms with Crippen LogP contribution in [-0.4, -0.2) is 6.54 Å². The summed E-state index contributed by atoms with van der Waals surface area (Å²) in [6, 6.07) is 9.56. The first-order chi connectivity index (χ1) is 8.85. The van der Waals surface area contributed by atoms with Crippen LogP contribution >= 0.6 is 0 Å². The van der Waals surface area contributed by atoms with Crippen LogP contribution in [0.15, 0.2) is 18.2 Å². The fourth-order valence-corrected chi connectivity index (χ4v) is 2.56. The molecule has 2 rings (SSSR count). The third kappa shape index (κ3) is 2.81. The number of nitrogens with zero attached hydrogens (tertiary/aromatic N) is 2. The summed E-state index contributed by atoms with van der Waals surface area (Å²) in [5.41, 5.74) is 1.71. The largest absolute Gasteiger partial charge is 0.384 e. The number of nitriles is 2. The van der Waals surface area contributed by atoms with E-state index in [0.29, 0.717) is 17.0 Å². The van der Waals surface area contributed by atoms with Gasteiger partial charge in [0.2, 0.25) is 0 Å². The predicted octanol–water partition coefficient (Wildman–Crippen LogP) is 3.42. The van der Waals surface area contributed by atoms with Crippen molar-refractivity contribution < 1.29 is 0 Å². The number of hydrogen-bond acceptors (Lipinski definition) is 3. The molecule has 0 aromatic heterocycles. The fraction of sp³-hybridized carbons (Fsp3) is 0.467. The Balaban J connectivity index is 2.05. The highest BCUT2D eigenvalue weighted by molar-refractivity contribution is 5.63. The highest BCUT2D eigenvalue weighted by Gasteiger charge is 2.14. The summed E-state index contributed by atoms with van der Waals surface area (Å²) in [4.78, 5) is 0. The third-order valence-electron chi connectivity index (χ3n) is 3.60. The van der Waals surface area contributed by atoms with Gasteiger partial charge in [0.1, 0.15) is 12.1 Å². The molecule has 18 heavy (non-hydrogen) atoms. The summed E-state index contributed by atoms with van der Waals surface area (Å²) in [6.07, 6.45) is 6.52. The molecule has 0 aliphatic heterocycles. The van der Waals surface area contributed by atoms with E-state index in [2.05, 4.69) is 17.5 Å². The lowest BCUT2D eigenvalue weighted by molar-refractivity contribution is 0.373. The first-order valence-electron chi connectivity index (χ1n) is 6.52. The van der Waals surface area contributed by atoms with Crippen molar-refractivity contribution in [2.24, 2.45) is 5.92 Å². The van der Waals surface area contributed by atoms with E-state index in [1.54, 1.807) is 6.07 Å². The Morgan fingerprint density at radius 3 is 2.56 bits per heavy atom. The topological polar surface area (TPSA) is 59.6 Å². The molecule has 0 amide bonds. The van der Waals surface area contributed by atoms with Gasteiger partial charge in [-0.15, -0.1) is 0 Å². The van der Waals surface area contributed by atoms with Crippen LogP contribution in [0.1, 0.15) is 43.2 Å². The summed E-state index contributed by atoms with van der Waals surface area (Å²) in [6.45, 7) is 0.906. The van der Waals surface area contributed by atoms with Gasteiger partial charge >= 0.3 is 0 Å². The smallest absolute Gasteiger partial charge is 0.103 e. The average molecular weight is 239 g/mol. The van der Waals surface area contributed by atoms with Gasteiger partial charge in [-0.1, -0.05) is 25.3 Å². The molecule has 1 aliphatic carbocycles. The lowest BCUT2D eigenvalue weighted by Crippen LogP contribution is -2.17. The maximum atomic E-state index is 9.13. The van der Waals surface area contributed by atoms with Crippen LogP contribution in [0.4, 0.5) is 5.69 Å². The van der Waals surface area contributed by atoms with Gasteiger partial charge in [0.05, 0.1) is 16.8 Å². The molecular weight excluding hydrogens is 222 g/mol. The molecule has 3 nitrogen and oxygen atoms in total. The number of benzene rings is 1. The average Bonchev–Trinajstić information content (AvgIpc) is 2.45. The fourth-order valence-electron chi connectivity index (χ4n) is 2.56. The highest BCUT2D eigenvalue weighted by Crippen LogP contribution is 2.25. The van der Waals surface area contributed by atoms with Crippen molar-refractivity contribution in [3.63, 3.8) is 0 Å². The standard InChI is InChI=1S/C15H17N3/c16-9-13-7-4-8-15(14(13)10-17)18-11-12-5-2-1-3-6-12/h4,7-8,12,18H,1-3,5-6,11H2. The van der Waals surface area contributed by atoms with E-state index in [1.165, 1.54) is 32.1 Å². The zero-order chi connectivity index (χ0) is 12.8. The molecule has 1 fully saturated rings. The lowest BCUT2D eigenvalue weighted by Gasteiger charge is -2.22. The highest BCUT2D eigenvalue weighted by atomic mass is 14.9. The Morgan fingerprint density at radius 1 is 1.11 bits per heavy atom. The first kappa shape index (κ1) is 12.5. The monoisotopic (exact) mass is 239 g/mol. The van der Waals surface area contributed by atoms with Crippen molar-refractivity contribution in [1.82, 2.24) is 0 Å². The summed E-state index contributed by atoms with van der Waals surface area (Å²) in [5.74, 6) is 0.705. The van der Waals surface area contributed by atoms with Crippen LogP contribution < -0.4 is 5.32 Å². The minimum absolute atomic E-state index is 0.450. The van der Waals surface area contributed by atoms with Crippen molar-refractivity contribution in [1.29, 1.82) is 10.5 Å². The molecule has 3 heteroatoms. The van der Waals surface area contributed by atoms with Crippen LogP contribution in [0.2, 0.25) is 0 Å². The van der Waals surface area contributed by atoms with Crippen molar-refractivity contribution in [2.45, 2.75) is 32.1 Å². The second kappa shape index (κ2) is 6.07. The van der Waals surface area contributed by atoms with Crippen LogP contribution in [0.5, 0.6) is 0 Å². The van der Waals surface area contributed by atoms with E-state index in [4.69, 9.17) is 10.5 Å². The van der Waals surface area contributed by atoms with Crippen LogP contribution in [-0.2, 0) is 0 Å². The Labute approximate surface area is 108 Å². The number of nitrogens with one attached hydrogen (secondary N) is 1. The van der Waals surface area contributed by atoms with Gasteiger partial charge in [0.25, 0.3) is 0 Å². The van der Waals surface area contributed by atoms with Gasteiger partial charge < -0.3 is 5.32 Å². The van der Waals surface area contributed by atoms with E-state index < -0.39 is 0 Å². The molecule has 0 radical (unpaired) electrons. The summed E-state index contributed by atoms with van der Waals surface area (Å²) in [7, 11) is 0. The SMILES string of the molecule is N#Cc1cccc(NCC2CCCCC2)c1C#N. The summed E-state index contributed by atoms with van der Waals surface area (Å²) in [5, 5.41) is 21.4. The Hall–Kier alpha value is -2.00. The minimum atomic E-state index is 0.450. The Kier molecular flexibility index (Phi) is 4.20. The van der Waals surface area contributed by atoms with Crippen molar-refractivity contribution in [3.8, 4) is 12.1 Å². The second-order valence-corrected chi connectivity index (χ2v) is 4.84. The van der Waals surface area contributed by atoms with Gasteiger partial charge in [-0.05, 0) is 30.9 Å². The third-order valence-corrected chi connectivity index (χ3v) is 3.60. The molecule has 0 spiro atoms. The van der Waals surface area contributed by atoms with Gasteiger partial charge in [0.15, 0.2) is 0 Å². The zero-order valence-corrected chi connectivity index (χ0v) is 10.4. The molecule has 0 unspecified atom stereocenters. The summed E-state index contributed by atoms with van der Waals surface area (Å²) < 4.78 is 0. The molecule has 1 N–H and O–H groups in total. The normalized spacial score (nSPS) is 15.7. The van der Waals surface area contributed by atoms with Crippen LogP contribution in [0.3, 0.4) is 0 Å². The van der Waals surface area contributed by atoms with Gasteiger partial charge in [-0.25, -0.2) is 0 Å². The molecule has 0 heterocycles. The maximum absolute atomic E-state index is 9.13. The van der Waals surface area contributed by atoms with E-state index in [-0.39, 0.29) is 0 Å². The van der Waals surface area contributed by atoms with E-state index in [1.807, 2.05) is 12.1 Å². The van der Waals surface area contributed by atoms with Crippen molar-refractivity contribution in [3.05, 3.63) is 29.3 Å². The Bertz CT molecular complexity index is 487. The molecule has 1 aromatic carbocycles. The minimum Gasteiger partial charge on any atom is -0.384 e.